The van der Waals surface area contributed by atoms with Crippen molar-refractivity contribution in [1.82, 2.24) is 4.90 Å². The van der Waals surface area contributed by atoms with Crippen LogP contribution in [-0.2, 0) is 9.59 Å². The van der Waals surface area contributed by atoms with Crippen LogP contribution in [0.1, 0.15) is 15.9 Å². The maximum absolute atomic E-state index is 13.8. The van der Waals surface area contributed by atoms with E-state index in [1.807, 2.05) is 0 Å². The highest BCUT2D eigenvalue weighted by molar-refractivity contribution is 8.26. The van der Waals surface area contributed by atoms with E-state index >= 15 is 0 Å². The van der Waals surface area contributed by atoms with Gasteiger partial charge in [-0.05, 0) is 29.8 Å². The standard InChI is InChI=1S/C19H13FN2O4S2/c20-14-7-2-1-4-11(14)9-15-17(24)22(19(27)28-15)10-16(23)21-13-6-3-5-12(8-13)18(25)26/h1-9H,10H2,(H,21,23)(H,25,26)/p-1/b15-9+. The second-order valence-electron chi connectivity index (χ2n) is 5.71. The van der Waals surface area contributed by atoms with E-state index in [1.54, 1.807) is 6.07 Å². The monoisotopic (exact) mass is 415 g/mol. The van der Waals surface area contributed by atoms with E-state index in [0.29, 0.717) is 0 Å². The third-order valence-corrected chi connectivity index (χ3v) is 5.13. The number of amides is 2. The predicted molar refractivity (Wildman–Crippen MR) is 106 cm³/mol. The van der Waals surface area contributed by atoms with Crippen molar-refractivity contribution in [2.75, 3.05) is 11.9 Å². The van der Waals surface area contributed by atoms with Crippen LogP contribution in [0.3, 0.4) is 0 Å². The third-order valence-electron chi connectivity index (χ3n) is 3.75. The number of carboxylic acid groups (broad SMARTS) is 1. The van der Waals surface area contributed by atoms with E-state index in [9.17, 15) is 23.9 Å². The van der Waals surface area contributed by atoms with Gasteiger partial charge in [0.1, 0.15) is 16.7 Å². The van der Waals surface area contributed by atoms with Gasteiger partial charge >= 0.3 is 0 Å². The molecule has 0 bridgehead atoms. The Kier molecular flexibility index (Phi) is 5.86. The molecule has 1 N–H and O–H groups in total. The molecule has 0 aliphatic carbocycles. The number of carboxylic acids is 1. The molecule has 2 aromatic rings. The van der Waals surface area contributed by atoms with Gasteiger partial charge in [-0.15, -0.1) is 0 Å². The van der Waals surface area contributed by atoms with E-state index in [-0.39, 0.29) is 32.6 Å². The minimum atomic E-state index is -1.37. The number of thioether (sulfide) groups is 1. The topological polar surface area (TPSA) is 89.5 Å². The van der Waals surface area contributed by atoms with Crippen LogP contribution in [0.4, 0.5) is 10.1 Å². The van der Waals surface area contributed by atoms with Crippen LogP contribution in [0.25, 0.3) is 6.08 Å². The third kappa shape index (κ3) is 4.44. The van der Waals surface area contributed by atoms with Gasteiger partial charge in [-0.1, -0.05) is 54.3 Å². The number of carbonyl (C=O) groups excluding carboxylic acids is 3. The van der Waals surface area contributed by atoms with Gasteiger partial charge in [0.2, 0.25) is 5.91 Å². The SMILES string of the molecule is O=C(CN1C(=O)/C(=C\c2ccccc2F)SC1=S)Nc1cccc(C(=O)[O-])c1. The van der Waals surface area contributed by atoms with Crippen LogP contribution in [0.2, 0.25) is 0 Å². The first-order valence-electron chi connectivity index (χ1n) is 7.96. The van der Waals surface area contributed by atoms with Gasteiger partial charge in [-0.3, -0.25) is 14.5 Å². The molecule has 1 heterocycles. The molecule has 0 radical (unpaired) electrons. The summed E-state index contributed by atoms with van der Waals surface area (Å²) >= 11 is 6.13. The van der Waals surface area contributed by atoms with E-state index in [1.165, 1.54) is 48.5 Å². The summed E-state index contributed by atoms with van der Waals surface area (Å²) in [6, 6.07) is 11.5. The summed E-state index contributed by atoms with van der Waals surface area (Å²) in [6.45, 7) is -0.352. The number of thiocarbonyl (C=S) groups is 1. The van der Waals surface area contributed by atoms with Gasteiger partial charge in [-0.2, -0.15) is 0 Å². The second kappa shape index (κ2) is 8.32. The molecule has 1 aliphatic rings. The van der Waals surface area contributed by atoms with E-state index < -0.39 is 23.6 Å². The molecule has 142 valence electrons. The van der Waals surface area contributed by atoms with Crippen LogP contribution >= 0.6 is 24.0 Å². The first kappa shape index (κ1) is 19.7. The molecule has 9 heteroatoms. The first-order chi connectivity index (χ1) is 13.3. The van der Waals surface area contributed by atoms with Crippen molar-refractivity contribution in [3.8, 4) is 0 Å². The van der Waals surface area contributed by atoms with E-state index in [0.717, 1.165) is 16.7 Å². The maximum atomic E-state index is 13.8. The highest BCUT2D eigenvalue weighted by Crippen LogP contribution is 2.32. The molecule has 1 aliphatic heterocycles. The zero-order valence-corrected chi connectivity index (χ0v) is 15.8. The summed E-state index contributed by atoms with van der Waals surface area (Å²) in [5.74, 6) is -2.90. The zero-order chi connectivity index (χ0) is 20.3. The molecule has 28 heavy (non-hydrogen) atoms. The Bertz CT molecular complexity index is 1020. The number of benzene rings is 2. The maximum Gasteiger partial charge on any atom is 0.266 e. The highest BCUT2D eigenvalue weighted by Gasteiger charge is 2.33. The summed E-state index contributed by atoms with van der Waals surface area (Å²) < 4.78 is 14.0. The lowest BCUT2D eigenvalue weighted by Gasteiger charge is -2.14. The average molecular weight is 415 g/mol. The molecular formula is C19H12FN2O4S2-. The normalized spacial score (nSPS) is 15.2. The smallest absolute Gasteiger partial charge is 0.266 e. The second-order valence-corrected chi connectivity index (χ2v) is 7.38. The van der Waals surface area contributed by atoms with Gasteiger partial charge in [0.25, 0.3) is 5.91 Å². The fourth-order valence-electron chi connectivity index (χ4n) is 2.44. The Balaban J connectivity index is 1.71. The molecule has 0 spiro atoms. The molecular weight excluding hydrogens is 403 g/mol. The van der Waals surface area contributed by atoms with Gasteiger partial charge in [0.15, 0.2) is 0 Å². The first-order valence-corrected chi connectivity index (χ1v) is 9.19. The minimum absolute atomic E-state index is 0.0868. The van der Waals surface area contributed by atoms with E-state index in [2.05, 4.69) is 5.32 Å². The number of nitrogens with one attached hydrogen (secondary N) is 1. The van der Waals surface area contributed by atoms with Gasteiger partial charge in [0, 0.05) is 11.3 Å². The summed E-state index contributed by atoms with van der Waals surface area (Å²) in [5, 5.41) is 13.4. The van der Waals surface area contributed by atoms with Crippen LogP contribution in [0.5, 0.6) is 0 Å². The number of anilines is 1. The van der Waals surface area contributed by atoms with Crippen LogP contribution in [0, 0.1) is 5.82 Å². The Morgan fingerprint density at radius 2 is 1.96 bits per heavy atom. The molecule has 6 nitrogen and oxygen atoms in total. The predicted octanol–water partition coefficient (Wildman–Crippen LogP) is 2.03. The number of aromatic carboxylic acids is 1. The summed E-state index contributed by atoms with van der Waals surface area (Å²) in [5.41, 5.74) is 0.404. The molecule has 2 amide bonds. The van der Waals surface area contributed by atoms with Crippen molar-refractivity contribution in [3.63, 3.8) is 0 Å². The lowest BCUT2D eigenvalue weighted by Crippen LogP contribution is -2.36. The molecule has 1 saturated heterocycles. The fraction of sp³-hybridized carbons (Fsp3) is 0.0526. The van der Waals surface area contributed by atoms with Gasteiger partial charge < -0.3 is 15.2 Å². The van der Waals surface area contributed by atoms with Crippen molar-refractivity contribution in [2.45, 2.75) is 0 Å². The number of rotatable bonds is 5. The number of carbonyl (C=O) groups is 3. The van der Waals surface area contributed by atoms with Crippen molar-refractivity contribution in [3.05, 3.63) is 70.4 Å². The van der Waals surface area contributed by atoms with Crippen molar-refractivity contribution in [2.24, 2.45) is 0 Å². The van der Waals surface area contributed by atoms with Crippen molar-refractivity contribution < 1.29 is 23.9 Å². The summed E-state index contributed by atoms with van der Waals surface area (Å²) in [4.78, 5) is 37.0. The van der Waals surface area contributed by atoms with Gasteiger partial charge in [0.05, 0.1) is 10.9 Å². The lowest BCUT2D eigenvalue weighted by molar-refractivity contribution is -0.255. The number of hydrogen-bond donors (Lipinski definition) is 1. The quantitative estimate of drug-likeness (QED) is 0.594. The molecule has 3 rings (SSSR count). The molecule has 1 fully saturated rings. The molecule has 0 aromatic heterocycles. The number of halogens is 1. The molecule has 0 saturated carbocycles. The summed E-state index contributed by atoms with van der Waals surface area (Å²) in [7, 11) is 0. The van der Waals surface area contributed by atoms with Crippen LogP contribution < -0.4 is 10.4 Å². The Hall–Kier alpha value is -3.04. The molecule has 2 aromatic carbocycles. The largest absolute Gasteiger partial charge is 0.545 e. The van der Waals surface area contributed by atoms with Crippen LogP contribution in [0.15, 0.2) is 53.4 Å². The Labute approximate surface area is 169 Å². The fourth-order valence-corrected chi connectivity index (χ4v) is 3.68. The average Bonchev–Trinajstić information content (AvgIpc) is 2.91. The van der Waals surface area contributed by atoms with Crippen molar-refractivity contribution >= 4 is 57.8 Å². The molecule has 0 unspecified atom stereocenters. The van der Waals surface area contributed by atoms with Crippen LogP contribution in [-0.4, -0.2) is 33.5 Å². The number of nitrogens with zero attached hydrogens (tertiary/aromatic N) is 1. The van der Waals surface area contributed by atoms with Gasteiger partial charge in [-0.25, -0.2) is 4.39 Å². The Morgan fingerprint density at radius 3 is 2.68 bits per heavy atom. The highest BCUT2D eigenvalue weighted by atomic mass is 32.2. The molecule has 0 atom stereocenters. The zero-order valence-electron chi connectivity index (χ0n) is 14.2. The number of hydrogen-bond acceptors (Lipinski definition) is 6. The Morgan fingerprint density at radius 1 is 1.21 bits per heavy atom. The summed E-state index contributed by atoms with van der Waals surface area (Å²) in [6.07, 6.45) is 1.38. The van der Waals surface area contributed by atoms with Crippen molar-refractivity contribution in [1.29, 1.82) is 0 Å². The lowest BCUT2D eigenvalue weighted by atomic mass is 10.2. The minimum Gasteiger partial charge on any atom is -0.545 e. The van der Waals surface area contributed by atoms with E-state index in [4.69, 9.17) is 12.2 Å².